The van der Waals surface area contributed by atoms with E-state index in [4.69, 9.17) is 0 Å². The number of hydrogen-bond donors (Lipinski definition) is 1. The van der Waals surface area contributed by atoms with E-state index in [1.165, 1.54) is 6.42 Å². The summed E-state index contributed by atoms with van der Waals surface area (Å²) in [5, 5.41) is 5.36. The molecule has 1 aliphatic heterocycles. The number of anilines is 1. The number of benzene rings is 2. The average molecular weight is 282 g/mol. The Hall–Kier alpha value is -2.03. The van der Waals surface area contributed by atoms with E-state index in [1.807, 2.05) is 29.2 Å². The molecule has 110 valence electrons. The highest BCUT2D eigenvalue weighted by Crippen LogP contribution is 2.25. The second-order valence-corrected chi connectivity index (χ2v) is 5.71. The van der Waals surface area contributed by atoms with Crippen molar-refractivity contribution in [3.63, 3.8) is 0 Å². The maximum Gasteiger partial charge on any atom is 0.322 e. The van der Waals surface area contributed by atoms with Crippen LogP contribution in [0.1, 0.15) is 32.6 Å². The van der Waals surface area contributed by atoms with Crippen molar-refractivity contribution < 1.29 is 4.79 Å². The molecule has 3 heteroatoms. The Balaban J connectivity index is 1.83. The molecule has 1 aliphatic rings. The second-order valence-electron chi connectivity index (χ2n) is 5.71. The van der Waals surface area contributed by atoms with Gasteiger partial charge in [0.05, 0.1) is 5.69 Å². The molecule has 3 rings (SSSR count). The molecule has 0 aliphatic carbocycles. The highest BCUT2D eigenvalue weighted by atomic mass is 16.2. The van der Waals surface area contributed by atoms with Crippen molar-refractivity contribution in [1.29, 1.82) is 0 Å². The van der Waals surface area contributed by atoms with E-state index in [2.05, 4.69) is 30.4 Å². The maximum atomic E-state index is 12.6. The van der Waals surface area contributed by atoms with Crippen LogP contribution < -0.4 is 5.32 Å². The van der Waals surface area contributed by atoms with Gasteiger partial charge in [0.25, 0.3) is 0 Å². The third-order valence-corrected chi connectivity index (χ3v) is 4.39. The van der Waals surface area contributed by atoms with Gasteiger partial charge < -0.3 is 10.2 Å². The van der Waals surface area contributed by atoms with Gasteiger partial charge in [0.1, 0.15) is 0 Å². The lowest BCUT2D eigenvalue weighted by atomic mass is 10.0. The van der Waals surface area contributed by atoms with E-state index in [9.17, 15) is 4.79 Å². The van der Waals surface area contributed by atoms with Crippen LogP contribution in [0.25, 0.3) is 10.8 Å². The fraction of sp³-hybridized carbons (Fsp3) is 0.389. The lowest BCUT2D eigenvalue weighted by Crippen LogP contribution is -2.45. The van der Waals surface area contributed by atoms with E-state index < -0.39 is 0 Å². The quantitative estimate of drug-likeness (QED) is 0.855. The summed E-state index contributed by atoms with van der Waals surface area (Å²) in [5.74, 6) is 0. The molecule has 2 amide bonds. The minimum absolute atomic E-state index is 0.0397. The number of carbonyl (C=O) groups is 1. The van der Waals surface area contributed by atoms with Gasteiger partial charge in [-0.05, 0) is 37.1 Å². The van der Waals surface area contributed by atoms with Gasteiger partial charge >= 0.3 is 6.03 Å². The number of fused-ring (bicyclic) bond motifs is 1. The number of rotatable bonds is 2. The first-order valence-corrected chi connectivity index (χ1v) is 7.85. The van der Waals surface area contributed by atoms with E-state index >= 15 is 0 Å². The molecule has 21 heavy (non-hydrogen) atoms. The van der Waals surface area contributed by atoms with Crippen molar-refractivity contribution in [1.82, 2.24) is 4.90 Å². The van der Waals surface area contributed by atoms with Gasteiger partial charge in [0, 0.05) is 18.0 Å². The lowest BCUT2D eigenvalue weighted by Gasteiger charge is -2.35. The summed E-state index contributed by atoms with van der Waals surface area (Å²) >= 11 is 0. The number of hydrogen-bond acceptors (Lipinski definition) is 1. The molecule has 3 nitrogen and oxygen atoms in total. The summed E-state index contributed by atoms with van der Waals surface area (Å²) in [6, 6.07) is 14.6. The van der Waals surface area contributed by atoms with E-state index in [1.54, 1.807) is 0 Å². The van der Waals surface area contributed by atoms with Crippen molar-refractivity contribution in [2.24, 2.45) is 0 Å². The van der Waals surface area contributed by atoms with Crippen molar-refractivity contribution in [2.75, 3.05) is 11.9 Å². The Morgan fingerprint density at radius 3 is 2.86 bits per heavy atom. The highest BCUT2D eigenvalue weighted by molar-refractivity contribution is 6.01. The van der Waals surface area contributed by atoms with Crippen molar-refractivity contribution in [3.8, 4) is 0 Å². The van der Waals surface area contributed by atoms with Gasteiger partial charge in [-0.1, -0.05) is 43.3 Å². The molecule has 0 radical (unpaired) electrons. The van der Waals surface area contributed by atoms with E-state index in [-0.39, 0.29) is 6.03 Å². The van der Waals surface area contributed by atoms with Crippen LogP contribution in [0, 0.1) is 0 Å². The molecule has 0 bridgehead atoms. The molecule has 1 unspecified atom stereocenters. The summed E-state index contributed by atoms with van der Waals surface area (Å²) < 4.78 is 0. The molecule has 1 N–H and O–H groups in total. The largest absolute Gasteiger partial charge is 0.322 e. The molecule has 0 spiro atoms. The van der Waals surface area contributed by atoms with Crippen LogP contribution in [0.2, 0.25) is 0 Å². The van der Waals surface area contributed by atoms with Crippen LogP contribution in [0.4, 0.5) is 10.5 Å². The van der Waals surface area contributed by atoms with Gasteiger partial charge in [-0.15, -0.1) is 0 Å². The smallest absolute Gasteiger partial charge is 0.322 e. The number of amides is 2. The third kappa shape index (κ3) is 2.87. The molecular weight excluding hydrogens is 260 g/mol. The monoisotopic (exact) mass is 282 g/mol. The van der Waals surface area contributed by atoms with Crippen LogP contribution in [0.5, 0.6) is 0 Å². The van der Waals surface area contributed by atoms with Crippen molar-refractivity contribution in [2.45, 2.75) is 38.6 Å². The number of carbonyl (C=O) groups excluding carboxylic acids is 1. The van der Waals surface area contributed by atoms with Crippen LogP contribution in [-0.2, 0) is 0 Å². The molecule has 1 atom stereocenters. The molecule has 2 aromatic rings. The fourth-order valence-electron chi connectivity index (χ4n) is 3.21. The first kappa shape index (κ1) is 13.9. The zero-order valence-corrected chi connectivity index (χ0v) is 12.5. The first-order chi connectivity index (χ1) is 10.3. The van der Waals surface area contributed by atoms with E-state index in [0.29, 0.717) is 6.04 Å². The SMILES string of the molecule is CCC1CCCCN1C(=O)Nc1cccc2ccccc12. The summed E-state index contributed by atoms with van der Waals surface area (Å²) in [6.07, 6.45) is 4.50. The van der Waals surface area contributed by atoms with Gasteiger partial charge in [-0.25, -0.2) is 4.79 Å². The minimum Gasteiger partial charge on any atom is -0.322 e. The van der Waals surface area contributed by atoms with Gasteiger partial charge in [-0.3, -0.25) is 0 Å². The first-order valence-electron chi connectivity index (χ1n) is 7.85. The Morgan fingerprint density at radius 2 is 2.00 bits per heavy atom. The minimum atomic E-state index is 0.0397. The normalized spacial score (nSPS) is 18.7. The lowest BCUT2D eigenvalue weighted by molar-refractivity contribution is 0.160. The zero-order chi connectivity index (χ0) is 14.7. The van der Waals surface area contributed by atoms with Crippen LogP contribution in [-0.4, -0.2) is 23.5 Å². The Morgan fingerprint density at radius 1 is 1.19 bits per heavy atom. The van der Waals surface area contributed by atoms with Gasteiger partial charge in [0.2, 0.25) is 0 Å². The second kappa shape index (κ2) is 6.17. The van der Waals surface area contributed by atoms with Gasteiger partial charge in [-0.2, -0.15) is 0 Å². The summed E-state index contributed by atoms with van der Waals surface area (Å²) in [7, 11) is 0. The number of nitrogens with one attached hydrogen (secondary N) is 1. The molecule has 2 aromatic carbocycles. The molecule has 0 saturated carbocycles. The molecule has 1 fully saturated rings. The topological polar surface area (TPSA) is 32.3 Å². The fourth-order valence-corrected chi connectivity index (χ4v) is 3.21. The highest BCUT2D eigenvalue weighted by Gasteiger charge is 2.25. The summed E-state index contributed by atoms with van der Waals surface area (Å²) in [5.41, 5.74) is 0.901. The standard InChI is InChI=1S/C18H22N2O/c1-2-15-10-5-6-13-20(15)18(21)19-17-12-7-9-14-8-3-4-11-16(14)17/h3-4,7-9,11-12,15H,2,5-6,10,13H2,1H3,(H,19,21). The third-order valence-electron chi connectivity index (χ3n) is 4.39. The van der Waals surface area contributed by atoms with Crippen LogP contribution >= 0.6 is 0 Å². The number of likely N-dealkylation sites (tertiary alicyclic amines) is 1. The van der Waals surface area contributed by atoms with Crippen LogP contribution in [0.3, 0.4) is 0 Å². The number of urea groups is 1. The van der Waals surface area contributed by atoms with Crippen LogP contribution in [0.15, 0.2) is 42.5 Å². The van der Waals surface area contributed by atoms with Crippen molar-refractivity contribution >= 4 is 22.5 Å². The Labute approximate surface area is 125 Å². The predicted molar refractivity (Wildman–Crippen MR) is 87.6 cm³/mol. The maximum absolute atomic E-state index is 12.6. The predicted octanol–water partition coefficient (Wildman–Crippen LogP) is 4.64. The van der Waals surface area contributed by atoms with Gasteiger partial charge in [0.15, 0.2) is 0 Å². The average Bonchev–Trinajstić information content (AvgIpc) is 2.55. The Bertz CT molecular complexity index is 633. The molecule has 0 aromatic heterocycles. The molecular formula is C18H22N2O. The zero-order valence-electron chi connectivity index (χ0n) is 12.5. The van der Waals surface area contributed by atoms with E-state index in [0.717, 1.165) is 42.3 Å². The summed E-state index contributed by atoms with van der Waals surface area (Å²) in [4.78, 5) is 14.6. The van der Waals surface area contributed by atoms with Crippen molar-refractivity contribution in [3.05, 3.63) is 42.5 Å². The number of nitrogens with zero attached hydrogens (tertiary/aromatic N) is 1. The molecule has 1 heterocycles. The Kier molecular flexibility index (Phi) is 4.09. The number of piperidine rings is 1. The molecule has 1 saturated heterocycles. The summed E-state index contributed by atoms with van der Waals surface area (Å²) in [6.45, 7) is 3.03.